The van der Waals surface area contributed by atoms with E-state index in [0.717, 1.165) is 34.9 Å². The molecule has 0 heterocycles. The molecular weight excluding hydrogens is 494 g/mol. The van der Waals surface area contributed by atoms with Gasteiger partial charge in [-0.3, -0.25) is 0 Å². The average molecular weight is 574 g/mol. The lowest BCUT2D eigenvalue weighted by Crippen LogP contribution is -2.29. The monoisotopic (exact) mass is 574 g/mol. The van der Waals surface area contributed by atoms with Crippen LogP contribution in [0, 0.1) is 23.7 Å². The van der Waals surface area contributed by atoms with Crippen molar-refractivity contribution in [2.24, 2.45) is 23.7 Å². The summed E-state index contributed by atoms with van der Waals surface area (Å²) in [6.45, 7) is 25.9. The van der Waals surface area contributed by atoms with Crippen LogP contribution < -0.4 is 5.32 Å². The second-order valence-electron chi connectivity index (χ2n) is 12.2. The van der Waals surface area contributed by atoms with Gasteiger partial charge in [0.15, 0.2) is 0 Å². The third kappa shape index (κ3) is 34.9. The maximum atomic E-state index is 3.67. The second kappa shape index (κ2) is 35.0. The fourth-order valence-corrected chi connectivity index (χ4v) is 4.10. The van der Waals surface area contributed by atoms with E-state index in [1.165, 1.54) is 109 Å². The minimum absolute atomic E-state index is 1.000. The molecule has 0 saturated heterocycles. The van der Waals surface area contributed by atoms with Crippen molar-refractivity contribution < 1.29 is 0 Å². The molecule has 3 aliphatic carbocycles. The van der Waals surface area contributed by atoms with Crippen LogP contribution in [0.15, 0.2) is 30.8 Å². The third-order valence-electron chi connectivity index (χ3n) is 7.90. The maximum absolute atomic E-state index is 3.67. The number of anilines is 1. The van der Waals surface area contributed by atoms with Gasteiger partial charge in [0, 0.05) is 12.7 Å². The van der Waals surface area contributed by atoms with E-state index in [9.17, 15) is 0 Å². The molecule has 1 aromatic rings. The van der Waals surface area contributed by atoms with Crippen molar-refractivity contribution in [3.05, 3.63) is 36.4 Å². The highest BCUT2D eigenvalue weighted by atomic mass is 14.8. The molecule has 41 heavy (non-hydrogen) atoms. The van der Waals surface area contributed by atoms with Gasteiger partial charge in [-0.25, -0.2) is 0 Å². The van der Waals surface area contributed by atoms with Gasteiger partial charge in [0.25, 0.3) is 0 Å². The van der Waals surface area contributed by atoms with Crippen molar-refractivity contribution in [3.63, 3.8) is 0 Å². The first-order valence-corrected chi connectivity index (χ1v) is 18.2. The number of hydrogen-bond acceptors (Lipinski definition) is 1. The molecule has 3 aliphatic rings. The lowest BCUT2D eigenvalue weighted by atomic mass is 9.68. The molecule has 244 valence electrons. The smallest absolute Gasteiger partial charge is 0.0337 e. The van der Waals surface area contributed by atoms with E-state index in [4.69, 9.17) is 0 Å². The summed E-state index contributed by atoms with van der Waals surface area (Å²) in [6, 6.07) is 8.10. The third-order valence-corrected chi connectivity index (χ3v) is 7.90. The Hall–Kier alpha value is -1.24. The van der Waals surface area contributed by atoms with Gasteiger partial charge in [-0.05, 0) is 47.8 Å². The number of hydrogen-bond donors (Lipinski definition) is 1. The van der Waals surface area contributed by atoms with E-state index in [-0.39, 0.29) is 0 Å². The molecular formula is C40H79N. The Kier molecular flexibility index (Phi) is 37.7. The molecule has 0 spiro atoms. The van der Waals surface area contributed by atoms with E-state index in [0.29, 0.717) is 0 Å². The molecule has 0 aromatic heterocycles. The molecule has 0 radical (unpaired) electrons. The summed E-state index contributed by atoms with van der Waals surface area (Å²) in [4.78, 5) is 0. The predicted molar refractivity (Wildman–Crippen MR) is 195 cm³/mol. The molecule has 4 rings (SSSR count). The van der Waals surface area contributed by atoms with E-state index >= 15 is 0 Å². The summed E-state index contributed by atoms with van der Waals surface area (Å²) >= 11 is 0. The van der Waals surface area contributed by atoms with Gasteiger partial charge in [-0.2, -0.15) is 0 Å². The Morgan fingerprint density at radius 3 is 1.34 bits per heavy atom. The molecule has 1 nitrogen and oxygen atoms in total. The van der Waals surface area contributed by atoms with Gasteiger partial charge in [-0.15, -0.1) is 0 Å². The lowest BCUT2D eigenvalue weighted by Gasteiger charge is -2.38. The van der Waals surface area contributed by atoms with Crippen molar-refractivity contribution in [2.75, 3.05) is 12.4 Å². The average Bonchev–Trinajstić information content (AvgIpc) is 3.93. The van der Waals surface area contributed by atoms with E-state index in [2.05, 4.69) is 67.3 Å². The highest BCUT2D eigenvalue weighted by molar-refractivity contribution is 5.53. The Bertz CT molecular complexity index is 581. The predicted octanol–water partition coefficient (Wildman–Crippen LogP) is 14.6. The zero-order valence-corrected chi connectivity index (χ0v) is 30.4. The quantitative estimate of drug-likeness (QED) is 0.260. The maximum Gasteiger partial charge on any atom is 0.0337 e. The van der Waals surface area contributed by atoms with Crippen molar-refractivity contribution >= 4 is 11.8 Å². The van der Waals surface area contributed by atoms with Crippen LogP contribution in [0.25, 0.3) is 6.08 Å². The Balaban J connectivity index is -0.000000428. The molecule has 0 amide bonds. The van der Waals surface area contributed by atoms with Crippen molar-refractivity contribution in [1.82, 2.24) is 0 Å². The highest BCUT2D eigenvalue weighted by Gasteiger charge is 2.29. The zero-order valence-electron chi connectivity index (χ0n) is 30.4. The van der Waals surface area contributed by atoms with Gasteiger partial charge in [0.05, 0.1) is 0 Å². The molecule has 2 atom stereocenters. The SMILES string of the molecule is C1CC1.C=Cc1ccc(NC)cc1.CC.CC1CC(C)C1C.CCCCC.CCCCC1CC1.CCCCCCC. The lowest BCUT2D eigenvalue weighted by molar-refractivity contribution is 0.120. The van der Waals surface area contributed by atoms with Gasteiger partial charge < -0.3 is 5.32 Å². The molecule has 1 N–H and O–H groups in total. The van der Waals surface area contributed by atoms with E-state index in [1.54, 1.807) is 0 Å². The Morgan fingerprint density at radius 2 is 1.12 bits per heavy atom. The van der Waals surface area contributed by atoms with Crippen molar-refractivity contribution in [2.45, 2.75) is 178 Å². The molecule has 3 fully saturated rings. The molecule has 1 aromatic carbocycles. The zero-order chi connectivity index (χ0) is 31.7. The standard InChI is InChI=1S/C9H11N.2C7H14.C7H16.C5H12.C3H6.C2H6/c1-3-8-4-6-9(10-2)7-5-8;1-5-4-6(2)7(5)3;1-2-3-4-7-5-6-7;1-3-5-7-6-4-2;1-3-5-4-2;1-2-3-1;1-2/h3-7,10H,1H2,2H3;5-7H,4H2,1-3H3;7H,2-6H2,1H3;3-7H2,1-2H3;3-5H2,1-2H3;1-3H2;1-2H3. The van der Waals surface area contributed by atoms with E-state index < -0.39 is 0 Å². The molecule has 0 aliphatic heterocycles. The largest absolute Gasteiger partial charge is 0.388 e. The van der Waals surface area contributed by atoms with Gasteiger partial charge in [0.1, 0.15) is 0 Å². The van der Waals surface area contributed by atoms with Crippen LogP contribution >= 0.6 is 0 Å². The first-order valence-electron chi connectivity index (χ1n) is 18.2. The second-order valence-corrected chi connectivity index (χ2v) is 12.2. The number of rotatable bonds is 11. The highest BCUT2D eigenvalue weighted by Crippen LogP contribution is 2.38. The van der Waals surface area contributed by atoms with Crippen molar-refractivity contribution in [3.8, 4) is 0 Å². The summed E-state index contributed by atoms with van der Waals surface area (Å²) in [5, 5.41) is 3.04. The summed E-state index contributed by atoms with van der Waals surface area (Å²) < 4.78 is 0. The number of nitrogens with one attached hydrogen (secondary N) is 1. The molecule has 1 heteroatoms. The van der Waals surface area contributed by atoms with Crippen LogP contribution in [0.3, 0.4) is 0 Å². The van der Waals surface area contributed by atoms with Gasteiger partial charge >= 0.3 is 0 Å². The van der Waals surface area contributed by atoms with Crippen LogP contribution in [-0.2, 0) is 0 Å². The van der Waals surface area contributed by atoms with Crippen LogP contribution in [0.2, 0.25) is 0 Å². The van der Waals surface area contributed by atoms with E-state index in [1.807, 2.05) is 51.2 Å². The Labute approximate surface area is 262 Å². The molecule has 0 bridgehead atoms. The number of unbranched alkanes of at least 4 members (excludes halogenated alkanes) is 7. The minimum atomic E-state index is 1.000. The molecule has 3 saturated carbocycles. The van der Waals surface area contributed by atoms with Gasteiger partial charge in [-0.1, -0.05) is 197 Å². The summed E-state index contributed by atoms with van der Waals surface area (Å²) in [5.74, 6) is 4.17. The number of benzene rings is 1. The summed E-state index contributed by atoms with van der Waals surface area (Å²) in [7, 11) is 1.91. The van der Waals surface area contributed by atoms with Crippen molar-refractivity contribution in [1.29, 1.82) is 0 Å². The van der Waals surface area contributed by atoms with Gasteiger partial charge in [0.2, 0.25) is 0 Å². The fraction of sp³-hybridized carbons (Fsp3) is 0.800. The first-order chi connectivity index (χ1) is 19.8. The normalized spacial score (nSPS) is 18.9. The molecule has 2 unspecified atom stereocenters. The van der Waals surface area contributed by atoms with Crippen LogP contribution in [0.1, 0.15) is 184 Å². The van der Waals surface area contributed by atoms with Crippen LogP contribution in [0.5, 0.6) is 0 Å². The van der Waals surface area contributed by atoms with Crippen LogP contribution in [0.4, 0.5) is 5.69 Å². The minimum Gasteiger partial charge on any atom is -0.388 e. The van der Waals surface area contributed by atoms with Crippen LogP contribution in [-0.4, -0.2) is 7.05 Å². The first kappa shape index (κ1) is 44.2. The topological polar surface area (TPSA) is 12.0 Å². The summed E-state index contributed by atoms with van der Waals surface area (Å²) in [6.07, 6.45) is 26.3. The Morgan fingerprint density at radius 1 is 0.683 bits per heavy atom. The fourth-order valence-electron chi connectivity index (χ4n) is 4.10. The summed E-state index contributed by atoms with van der Waals surface area (Å²) in [5.41, 5.74) is 2.28.